The first kappa shape index (κ1) is 20.9. The molecule has 0 aromatic carbocycles. The summed E-state index contributed by atoms with van der Waals surface area (Å²) in [6.07, 6.45) is 10.0. The summed E-state index contributed by atoms with van der Waals surface area (Å²) in [5.41, 5.74) is 0.951. The van der Waals surface area contributed by atoms with Gasteiger partial charge in [0.05, 0.1) is 6.10 Å². The summed E-state index contributed by atoms with van der Waals surface area (Å²) < 4.78 is 0. The Kier molecular flexibility index (Phi) is 8.26. The van der Waals surface area contributed by atoms with Crippen molar-refractivity contribution in [2.75, 3.05) is 36.4 Å². The highest BCUT2D eigenvalue weighted by Crippen LogP contribution is 2.19. The van der Waals surface area contributed by atoms with Gasteiger partial charge in [0.25, 0.3) is 0 Å². The Morgan fingerprint density at radius 1 is 1.33 bits per heavy atom. The maximum Gasteiger partial charge on any atom is 0.210 e. The van der Waals surface area contributed by atoms with Crippen molar-refractivity contribution in [2.24, 2.45) is 0 Å². The van der Waals surface area contributed by atoms with Crippen LogP contribution >= 0.6 is 0 Å². The molecule has 0 radical (unpaired) electrons. The van der Waals surface area contributed by atoms with Crippen molar-refractivity contribution >= 4 is 18.0 Å². The molecular weight excluding hydrogens is 342 g/mol. The van der Waals surface area contributed by atoms with Crippen molar-refractivity contribution < 1.29 is 9.90 Å². The van der Waals surface area contributed by atoms with Crippen LogP contribution < -0.4 is 10.2 Å². The first-order chi connectivity index (χ1) is 13.2. The molecule has 0 bridgehead atoms. The first-order valence-corrected chi connectivity index (χ1v) is 9.74. The molecule has 1 fully saturated rings. The minimum absolute atomic E-state index is 0.157. The van der Waals surface area contributed by atoms with Gasteiger partial charge in [-0.3, -0.25) is 4.79 Å². The summed E-state index contributed by atoms with van der Waals surface area (Å²) >= 11 is 0. The third-order valence-electron chi connectivity index (χ3n) is 4.68. The molecule has 2 heterocycles. The lowest BCUT2D eigenvalue weighted by molar-refractivity contribution is -0.120. The fourth-order valence-corrected chi connectivity index (χ4v) is 3.15. The van der Waals surface area contributed by atoms with Crippen molar-refractivity contribution in [1.82, 2.24) is 14.9 Å². The van der Waals surface area contributed by atoms with E-state index in [0.29, 0.717) is 18.9 Å². The van der Waals surface area contributed by atoms with Crippen LogP contribution in [-0.2, 0) is 4.79 Å². The average Bonchev–Trinajstić information content (AvgIpc) is 2.74. The molecule has 3 rings (SSSR count). The van der Waals surface area contributed by atoms with Gasteiger partial charge in [-0.15, -0.1) is 0 Å². The SMILES string of the molecule is CC.CC1CN(c2cc(NCC(O)C3=CCCC=C3)ncn2)CCN1C=O. The zero-order valence-electron chi connectivity index (χ0n) is 16.5. The second-order valence-corrected chi connectivity index (χ2v) is 6.48. The molecule has 1 aliphatic carbocycles. The van der Waals surface area contributed by atoms with E-state index in [1.54, 1.807) is 4.90 Å². The van der Waals surface area contributed by atoms with Gasteiger partial charge in [0.1, 0.15) is 18.0 Å². The van der Waals surface area contributed by atoms with E-state index in [1.165, 1.54) is 6.33 Å². The molecule has 7 heteroatoms. The van der Waals surface area contributed by atoms with E-state index in [4.69, 9.17) is 0 Å². The van der Waals surface area contributed by atoms with Gasteiger partial charge in [-0.25, -0.2) is 9.97 Å². The number of aliphatic hydroxyl groups excluding tert-OH is 1. The number of allylic oxidation sites excluding steroid dienone is 2. The van der Waals surface area contributed by atoms with Crippen LogP contribution in [0.15, 0.2) is 36.2 Å². The van der Waals surface area contributed by atoms with Crippen LogP contribution in [0.4, 0.5) is 11.6 Å². The molecule has 1 aromatic heterocycles. The van der Waals surface area contributed by atoms with Gasteiger partial charge < -0.3 is 20.2 Å². The summed E-state index contributed by atoms with van der Waals surface area (Å²) in [5.74, 6) is 1.52. The van der Waals surface area contributed by atoms with Crippen LogP contribution in [0, 0.1) is 0 Å². The van der Waals surface area contributed by atoms with Crippen LogP contribution in [-0.4, -0.2) is 64.7 Å². The minimum Gasteiger partial charge on any atom is -0.387 e. The lowest BCUT2D eigenvalue weighted by Gasteiger charge is -2.38. The standard InChI is InChI=1S/C18H25N5O2.C2H6/c1-14-11-22(7-8-23(14)13-24)18-9-17(20-12-21-18)19-10-16(25)15-5-3-2-4-6-15;1-2/h3,5-6,9,12-14,16,25H,2,4,7-8,10-11H2,1H3,(H,19,20,21);1-2H3. The number of rotatable bonds is 6. The Labute approximate surface area is 161 Å². The Morgan fingerprint density at radius 2 is 2.15 bits per heavy atom. The fourth-order valence-electron chi connectivity index (χ4n) is 3.15. The molecule has 0 spiro atoms. The second-order valence-electron chi connectivity index (χ2n) is 6.48. The number of anilines is 2. The van der Waals surface area contributed by atoms with Gasteiger partial charge in [-0.2, -0.15) is 0 Å². The van der Waals surface area contributed by atoms with Gasteiger partial charge in [-0.05, 0) is 25.3 Å². The zero-order valence-corrected chi connectivity index (χ0v) is 16.5. The van der Waals surface area contributed by atoms with Gasteiger partial charge in [0.15, 0.2) is 0 Å². The lowest BCUT2D eigenvalue weighted by Crippen LogP contribution is -2.51. The molecule has 7 nitrogen and oxygen atoms in total. The van der Waals surface area contributed by atoms with Gasteiger partial charge in [-0.1, -0.05) is 32.1 Å². The number of aliphatic hydroxyl groups is 1. The Balaban J connectivity index is 0.00000126. The van der Waals surface area contributed by atoms with Crippen molar-refractivity contribution in [3.63, 3.8) is 0 Å². The van der Waals surface area contributed by atoms with E-state index in [2.05, 4.69) is 32.3 Å². The number of carbonyl (C=O) groups excluding carboxylic acids is 1. The largest absolute Gasteiger partial charge is 0.387 e. The molecular formula is C20H31N5O2. The fraction of sp³-hybridized carbons (Fsp3) is 0.550. The number of nitrogens with zero attached hydrogens (tertiary/aromatic N) is 4. The van der Waals surface area contributed by atoms with E-state index >= 15 is 0 Å². The zero-order chi connectivity index (χ0) is 19.6. The number of carbonyl (C=O) groups is 1. The molecule has 2 N–H and O–H groups in total. The summed E-state index contributed by atoms with van der Waals surface area (Å²) in [6, 6.07) is 2.05. The van der Waals surface area contributed by atoms with E-state index in [9.17, 15) is 9.90 Å². The number of hydrogen-bond donors (Lipinski definition) is 2. The molecule has 1 aliphatic heterocycles. The van der Waals surface area contributed by atoms with Crippen LogP contribution in [0.3, 0.4) is 0 Å². The molecule has 148 valence electrons. The van der Waals surface area contributed by atoms with Gasteiger partial charge in [0.2, 0.25) is 6.41 Å². The molecule has 0 saturated carbocycles. The number of amides is 1. The topological polar surface area (TPSA) is 81.6 Å². The number of nitrogens with one attached hydrogen (secondary N) is 1. The van der Waals surface area contributed by atoms with Crippen molar-refractivity contribution in [2.45, 2.75) is 45.8 Å². The Morgan fingerprint density at radius 3 is 2.81 bits per heavy atom. The predicted octanol–water partition coefficient (Wildman–Crippen LogP) is 2.22. The predicted molar refractivity (Wildman–Crippen MR) is 109 cm³/mol. The van der Waals surface area contributed by atoms with E-state index < -0.39 is 6.10 Å². The Hall–Kier alpha value is -2.41. The van der Waals surface area contributed by atoms with Crippen molar-refractivity contribution in [1.29, 1.82) is 0 Å². The smallest absolute Gasteiger partial charge is 0.210 e. The summed E-state index contributed by atoms with van der Waals surface area (Å²) in [6.45, 7) is 8.62. The summed E-state index contributed by atoms with van der Waals surface area (Å²) in [7, 11) is 0. The average molecular weight is 374 g/mol. The number of hydrogen-bond acceptors (Lipinski definition) is 6. The van der Waals surface area contributed by atoms with Crippen LogP contribution in [0.5, 0.6) is 0 Å². The molecule has 2 aliphatic rings. The van der Waals surface area contributed by atoms with Gasteiger partial charge in [0, 0.05) is 38.3 Å². The van der Waals surface area contributed by atoms with Crippen molar-refractivity contribution in [3.8, 4) is 0 Å². The molecule has 1 saturated heterocycles. The van der Waals surface area contributed by atoms with Crippen LogP contribution in [0.25, 0.3) is 0 Å². The van der Waals surface area contributed by atoms with E-state index in [-0.39, 0.29) is 6.04 Å². The minimum atomic E-state index is -0.550. The van der Waals surface area contributed by atoms with E-state index in [1.807, 2.05) is 32.9 Å². The highest BCUT2D eigenvalue weighted by molar-refractivity contribution is 5.52. The number of aromatic nitrogens is 2. The first-order valence-electron chi connectivity index (χ1n) is 9.74. The monoisotopic (exact) mass is 373 g/mol. The van der Waals surface area contributed by atoms with Crippen molar-refractivity contribution in [3.05, 3.63) is 36.2 Å². The molecule has 27 heavy (non-hydrogen) atoms. The third-order valence-corrected chi connectivity index (χ3v) is 4.68. The molecule has 2 unspecified atom stereocenters. The molecule has 1 amide bonds. The third kappa shape index (κ3) is 5.79. The maximum absolute atomic E-state index is 11.0. The normalized spacial score (nSPS) is 20.3. The second kappa shape index (κ2) is 10.7. The summed E-state index contributed by atoms with van der Waals surface area (Å²) in [5, 5.41) is 13.5. The molecule has 1 aromatic rings. The highest BCUT2D eigenvalue weighted by atomic mass is 16.3. The lowest BCUT2D eigenvalue weighted by atomic mass is 10.0. The Bertz CT molecular complexity index is 662. The maximum atomic E-state index is 11.0. The van der Waals surface area contributed by atoms with Crippen LogP contribution in [0.2, 0.25) is 0 Å². The van der Waals surface area contributed by atoms with Crippen LogP contribution in [0.1, 0.15) is 33.6 Å². The van der Waals surface area contributed by atoms with Gasteiger partial charge >= 0.3 is 0 Å². The summed E-state index contributed by atoms with van der Waals surface area (Å²) in [4.78, 5) is 23.5. The molecule has 2 atom stereocenters. The quantitative estimate of drug-likeness (QED) is 0.744. The highest BCUT2D eigenvalue weighted by Gasteiger charge is 2.23. The number of piperazine rings is 1. The van der Waals surface area contributed by atoms with E-state index in [0.717, 1.165) is 43.7 Å².